The van der Waals surface area contributed by atoms with Crippen LogP contribution in [0.1, 0.15) is 45.4 Å². The van der Waals surface area contributed by atoms with Gasteiger partial charge in [0.15, 0.2) is 0 Å². The highest BCUT2D eigenvalue weighted by atomic mass is 32.2. The van der Waals surface area contributed by atoms with Crippen molar-refractivity contribution in [2.45, 2.75) is 51.5 Å². The van der Waals surface area contributed by atoms with Gasteiger partial charge in [0, 0.05) is 13.1 Å². The van der Waals surface area contributed by atoms with Crippen molar-refractivity contribution >= 4 is 21.9 Å². The summed E-state index contributed by atoms with van der Waals surface area (Å²) in [7, 11) is -3.43. The molecule has 0 spiro atoms. The van der Waals surface area contributed by atoms with Gasteiger partial charge in [-0.1, -0.05) is 13.3 Å². The van der Waals surface area contributed by atoms with E-state index in [9.17, 15) is 18.0 Å². The number of carbonyl (C=O) groups excluding carboxylic acids is 1. The Morgan fingerprint density at radius 3 is 2.55 bits per heavy atom. The van der Waals surface area contributed by atoms with Gasteiger partial charge in [0.25, 0.3) is 0 Å². The molecule has 0 radical (unpaired) electrons. The summed E-state index contributed by atoms with van der Waals surface area (Å²) >= 11 is 0. The van der Waals surface area contributed by atoms with E-state index in [0.717, 1.165) is 12.8 Å². The average Bonchev–Trinajstić information content (AvgIpc) is 3.26. The smallest absolute Gasteiger partial charge is 0.311 e. The Morgan fingerprint density at radius 2 is 2.00 bits per heavy atom. The van der Waals surface area contributed by atoms with E-state index in [4.69, 9.17) is 5.11 Å². The van der Waals surface area contributed by atoms with Crippen molar-refractivity contribution in [2.75, 3.05) is 18.8 Å². The van der Waals surface area contributed by atoms with Crippen molar-refractivity contribution < 1.29 is 23.1 Å². The lowest BCUT2D eigenvalue weighted by Gasteiger charge is -2.33. The first kappa shape index (κ1) is 17.2. The lowest BCUT2D eigenvalue weighted by atomic mass is 10.0. The number of hydrogen-bond acceptors (Lipinski definition) is 4. The third kappa shape index (κ3) is 3.60. The maximum Gasteiger partial charge on any atom is 0.311 e. The lowest BCUT2D eigenvalue weighted by molar-refractivity contribution is -0.143. The summed E-state index contributed by atoms with van der Waals surface area (Å²) in [6, 6.07) is -0.699. The van der Waals surface area contributed by atoms with E-state index in [2.05, 4.69) is 5.32 Å². The molecule has 1 aliphatic carbocycles. The number of carboxylic acid groups (broad SMARTS) is 1. The highest BCUT2D eigenvalue weighted by Gasteiger charge is 2.50. The van der Waals surface area contributed by atoms with Crippen LogP contribution in [-0.2, 0) is 19.6 Å². The molecular formula is C14H24N2O5S. The molecule has 2 fully saturated rings. The summed E-state index contributed by atoms with van der Waals surface area (Å²) in [4.78, 5) is 23.5. The molecule has 2 N–H and O–H groups in total. The largest absolute Gasteiger partial charge is 0.481 e. The van der Waals surface area contributed by atoms with Crippen LogP contribution in [0.5, 0.6) is 0 Å². The number of carbonyl (C=O) groups is 2. The number of nitrogens with zero attached hydrogens (tertiary/aromatic N) is 1. The average molecular weight is 332 g/mol. The van der Waals surface area contributed by atoms with E-state index in [1.165, 1.54) is 4.31 Å². The van der Waals surface area contributed by atoms with Gasteiger partial charge in [0.2, 0.25) is 15.9 Å². The van der Waals surface area contributed by atoms with Crippen molar-refractivity contribution in [2.24, 2.45) is 5.41 Å². The Hall–Kier alpha value is -1.15. The molecule has 2 rings (SSSR count). The zero-order valence-corrected chi connectivity index (χ0v) is 13.7. The molecule has 7 nitrogen and oxygen atoms in total. The first-order valence-corrected chi connectivity index (χ1v) is 9.44. The highest BCUT2D eigenvalue weighted by Crippen LogP contribution is 2.45. The molecule has 0 aromatic carbocycles. The maximum absolute atomic E-state index is 12.3. The highest BCUT2D eigenvalue weighted by molar-refractivity contribution is 7.89. The molecular weight excluding hydrogens is 308 g/mol. The second-order valence-corrected chi connectivity index (χ2v) is 8.28. The number of sulfonamides is 1. The number of nitrogens with one attached hydrogen (secondary N) is 1. The van der Waals surface area contributed by atoms with Gasteiger partial charge < -0.3 is 10.4 Å². The van der Waals surface area contributed by atoms with Crippen LogP contribution < -0.4 is 5.32 Å². The fraction of sp³-hybridized carbons (Fsp3) is 0.857. The molecule has 0 aromatic rings. The quantitative estimate of drug-likeness (QED) is 0.709. The van der Waals surface area contributed by atoms with Crippen molar-refractivity contribution in [1.82, 2.24) is 9.62 Å². The van der Waals surface area contributed by atoms with E-state index < -0.39 is 27.4 Å². The zero-order chi connectivity index (χ0) is 16.4. The monoisotopic (exact) mass is 332 g/mol. The number of amides is 1. The minimum Gasteiger partial charge on any atom is -0.481 e. The topological polar surface area (TPSA) is 104 Å². The molecule has 1 heterocycles. The molecule has 1 amide bonds. The van der Waals surface area contributed by atoms with Gasteiger partial charge in [-0.2, -0.15) is 4.31 Å². The van der Waals surface area contributed by atoms with E-state index in [0.29, 0.717) is 32.2 Å². The number of hydrogen-bond donors (Lipinski definition) is 2. The van der Waals surface area contributed by atoms with Gasteiger partial charge in [-0.25, -0.2) is 8.42 Å². The molecule has 1 saturated heterocycles. The van der Waals surface area contributed by atoms with Crippen LogP contribution in [0.2, 0.25) is 0 Å². The number of piperidine rings is 1. The predicted molar refractivity (Wildman–Crippen MR) is 80.7 cm³/mol. The summed E-state index contributed by atoms with van der Waals surface area (Å²) in [6.45, 7) is 2.24. The summed E-state index contributed by atoms with van der Waals surface area (Å²) in [5.41, 5.74) is -0.836. The van der Waals surface area contributed by atoms with E-state index in [1.807, 2.05) is 0 Å². The van der Waals surface area contributed by atoms with Crippen LogP contribution in [0.4, 0.5) is 0 Å². The van der Waals surface area contributed by atoms with Crippen LogP contribution in [0, 0.1) is 5.41 Å². The van der Waals surface area contributed by atoms with Gasteiger partial charge in [0.05, 0.1) is 11.2 Å². The molecule has 1 aliphatic heterocycles. The second-order valence-electron chi connectivity index (χ2n) is 6.24. The fourth-order valence-corrected chi connectivity index (χ4v) is 4.61. The third-order valence-electron chi connectivity index (χ3n) is 4.48. The second kappa shape index (κ2) is 6.54. The minimum atomic E-state index is -3.43. The van der Waals surface area contributed by atoms with Gasteiger partial charge in [0.1, 0.15) is 6.04 Å². The normalized spacial score (nSPS) is 24.7. The minimum absolute atomic E-state index is 0.0375. The molecule has 126 valence electrons. The van der Waals surface area contributed by atoms with Crippen LogP contribution >= 0.6 is 0 Å². The molecule has 1 atom stereocenters. The summed E-state index contributed by atoms with van der Waals surface area (Å²) in [6.07, 6.45) is 3.69. The Bertz CT molecular complexity index is 541. The molecule has 22 heavy (non-hydrogen) atoms. The molecule has 8 heteroatoms. The standard InChI is InChI=1S/C14H24N2O5S/c1-2-9-22(20,21)16-8-4-3-5-11(16)12(17)15-10-14(6-7-14)13(18)19/h11H,2-10H2,1H3,(H,15,17)(H,18,19). The van der Waals surface area contributed by atoms with Crippen LogP contribution in [0.3, 0.4) is 0 Å². The summed E-state index contributed by atoms with van der Waals surface area (Å²) in [5.74, 6) is -1.23. The molecule has 1 unspecified atom stereocenters. The van der Waals surface area contributed by atoms with Crippen molar-refractivity contribution in [3.8, 4) is 0 Å². The van der Waals surface area contributed by atoms with Crippen LogP contribution in [0.15, 0.2) is 0 Å². The first-order valence-electron chi connectivity index (χ1n) is 7.83. The van der Waals surface area contributed by atoms with Crippen molar-refractivity contribution in [1.29, 1.82) is 0 Å². The number of carboxylic acids is 1. The van der Waals surface area contributed by atoms with Gasteiger partial charge in [-0.3, -0.25) is 9.59 Å². The third-order valence-corrected chi connectivity index (χ3v) is 6.56. The summed E-state index contributed by atoms with van der Waals surface area (Å²) in [5, 5.41) is 11.8. The summed E-state index contributed by atoms with van der Waals surface area (Å²) < 4.78 is 25.8. The van der Waals surface area contributed by atoms with Crippen molar-refractivity contribution in [3.05, 3.63) is 0 Å². The number of rotatable bonds is 7. The van der Waals surface area contributed by atoms with Crippen LogP contribution in [-0.4, -0.2) is 54.6 Å². The van der Waals surface area contributed by atoms with E-state index in [1.54, 1.807) is 6.92 Å². The van der Waals surface area contributed by atoms with Gasteiger partial charge in [-0.05, 0) is 32.1 Å². The molecule has 2 aliphatic rings. The van der Waals surface area contributed by atoms with Crippen molar-refractivity contribution in [3.63, 3.8) is 0 Å². The Kier molecular flexibility index (Phi) is 5.11. The van der Waals surface area contributed by atoms with Crippen LogP contribution in [0.25, 0.3) is 0 Å². The Balaban J connectivity index is 2.01. The zero-order valence-electron chi connectivity index (χ0n) is 12.9. The van der Waals surface area contributed by atoms with Gasteiger partial charge >= 0.3 is 5.97 Å². The predicted octanol–water partition coefficient (Wildman–Crippen LogP) is 0.562. The Morgan fingerprint density at radius 1 is 1.32 bits per heavy atom. The van der Waals surface area contributed by atoms with Gasteiger partial charge in [-0.15, -0.1) is 0 Å². The molecule has 0 bridgehead atoms. The first-order chi connectivity index (χ1) is 10.3. The Labute approximate surface area is 131 Å². The maximum atomic E-state index is 12.3. The fourth-order valence-electron chi connectivity index (χ4n) is 2.87. The lowest BCUT2D eigenvalue weighted by Crippen LogP contribution is -2.53. The molecule has 1 saturated carbocycles. The molecule has 0 aromatic heterocycles. The SMILES string of the molecule is CCCS(=O)(=O)N1CCCCC1C(=O)NCC1(C(=O)O)CC1. The van der Waals surface area contributed by atoms with E-state index >= 15 is 0 Å². The number of aliphatic carboxylic acids is 1. The van der Waals surface area contributed by atoms with E-state index in [-0.39, 0.29) is 18.2 Å².